The minimum atomic E-state index is -4.28. The smallest absolute Gasteiger partial charge is 0.279 e. The van der Waals surface area contributed by atoms with Crippen molar-refractivity contribution in [2.24, 2.45) is 0 Å². The molecule has 3 aromatic rings. The van der Waals surface area contributed by atoms with E-state index >= 15 is 0 Å². The number of aromatic nitrogens is 3. The van der Waals surface area contributed by atoms with Crippen molar-refractivity contribution in [2.45, 2.75) is 31.6 Å². The van der Waals surface area contributed by atoms with Crippen LogP contribution in [-0.4, -0.2) is 38.8 Å². The molecule has 1 N–H and O–H groups in total. The summed E-state index contributed by atoms with van der Waals surface area (Å²) in [7, 11) is 0. The zero-order valence-corrected chi connectivity index (χ0v) is 15.5. The number of H-pyrrole nitrogens is 1. The Morgan fingerprint density at radius 3 is 2.73 bits per heavy atom. The molecule has 2 atom stereocenters. The number of halogens is 4. The van der Waals surface area contributed by atoms with Gasteiger partial charge in [-0.25, -0.2) is 0 Å². The standard InChI is InChI=1S/C18H16BrF3N4/c1-10-6-13-12(3-5-15-14(13)8-24-25-15)17(26(10)9-18(20,21)22)16-4-2-11(19)7-23-16/h2-5,7-8,10,17H,6,9H2,1H3,(H,24,25)/t10-,17+/m1/s1. The first-order valence-corrected chi connectivity index (χ1v) is 9.01. The van der Waals surface area contributed by atoms with Crippen molar-refractivity contribution in [1.82, 2.24) is 20.1 Å². The zero-order chi connectivity index (χ0) is 18.5. The third-order valence-electron chi connectivity index (χ3n) is 4.86. The van der Waals surface area contributed by atoms with E-state index in [1.54, 1.807) is 18.5 Å². The minimum absolute atomic E-state index is 0.278. The summed E-state index contributed by atoms with van der Waals surface area (Å²) in [6.07, 6.45) is -0.378. The first kappa shape index (κ1) is 17.5. The first-order valence-electron chi connectivity index (χ1n) is 8.22. The van der Waals surface area contributed by atoms with Crippen LogP contribution in [-0.2, 0) is 6.42 Å². The summed E-state index contributed by atoms with van der Waals surface area (Å²) >= 11 is 3.34. The fourth-order valence-corrected chi connectivity index (χ4v) is 3.99. The fourth-order valence-electron chi connectivity index (χ4n) is 3.76. The topological polar surface area (TPSA) is 44.8 Å². The lowest BCUT2D eigenvalue weighted by Crippen LogP contribution is -2.47. The van der Waals surface area contributed by atoms with E-state index in [1.165, 1.54) is 4.90 Å². The van der Waals surface area contributed by atoms with E-state index in [-0.39, 0.29) is 6.04 Å². The molecular formula is C18H16BrF3N4. The lowest BCUT2D eigenvalue weighted by Gasteiger charge is -2.42. The highest BCUT2D eigenvalue weighted by molar-refractivity contribution is 9.10. The molecule has 136 valence electrons. The highest BCUT2D eigenvalue weighted by Crippen LogP contribution is 2.41. The van der Waals surface area contributed by atoms with Gasteiger partial charge < -0.3 is 0 Å². The van der Waals surface area contributed by atoms with Gasteiger partial charge in [0.05, 0.1) is 30.0 Å². The summed E-state index contributed by atoms with van der Waals surface area (Å²) in [5, 5.41) is 7.97. The third kappa shape index (κ3) is 3.12. The number of nitrogens with one attached hydrogen (secondary N) is 1. The van der Waals surface area contributed by atoms with Gasteiger partial charge in [-0.2, -0.15) is 18.3 Å². The summed E-state index contributed by atoms with van der Waals surface area (Å²) < 4.78 is 40.6. The predicted octanol–water partition coefficient (Wildman–Crippen LogP) is 4.62. The van der Waals surface area contributed by atoms with Crippen LogP contribution in [0.2, 0.25) is 0 Å². The Morgan fingerprint density at radius 1 is 1.23 bits per heavy atom. The van der Waals surface area contributed by atoms with E-state index < -0.39 is 18.8 Å². The monoisotopic (exact) mass is 424 g/mol. The average molecular weight is 425 g/mol. The molecule has 0 amide bonds. The van der Waals surface area contributed by atoms with Gasteiger partial charge in [0.15, 0.2) is 0 Å². The second-order valence-corrected chi connectivity index (χ2v) is 7.52. The van der Waals surface area contributed by atoms with Gasteiger partial charge in [0.25, 0.3) is 0 Å². The normalized spacial score (nSPS) is 21.1. The lowest BCUT2D eigenvalue weighted by atomic mass is 9.85. The molecule has 0 fully saturated rings. The summed E-state index contributed by atoms with van der Waals surface area (Å²) in [6.45, 7) is 0.860. The molecular weight excluding hydrogens is 409 g/mol. The van der Waals surface area contributed by atoms with Crippen LogP contribution in [0.4, 0.5) is 13.2 Å². The Balaban J connectivity index is 1.89. The van der Waals surface area contributed by atoms with Gasteiger partial charge in [0.1, 0.15) is 0 Å². The van der Waals surface area contributed by atoms with Crippen LogP contribution in [0.3, 0.4) is 0 Å². The highest BCUT2D eigenvalue weighted by atomic mass is 79.9. The van der Waals surface area contributed by atoms with Crippen LogP contribution in [0.5, 0.6) is 0 Å². The van der Waals surface area contributed by atoms with Gasteiger partial charge in [-0.3, -0.25) is 15.0 Å². The molecule has 4 nitrogen and oxygen atoms in total. The van der Waals surface area contributed by atoms with Crippen molar-refractivity contribution in [1.29, 1.82) is 0 Å². The predicted molar refractivity (Wildman–Crippen MR) is 95.8 cm³/mol. The number of benzene rings is 1. The Morgan fingerprint density at radius 2 is 2.04 bits per heavy atom. The van der Waals surface area contributed by atoms with Crippen molar-refractivity contribution in [3.8, 4) is 0 Å². The fraction of sp³-hybridized carbons (Fsp3) is 0.333. The van der Waals surface area contributed by atoms with Crippen LogP contribution in [0.15, 0.2) is 41.1 Å². The van der Waals surface area contributed by atoms with E-state index in [4.69, 9.17) is 0 Å². The van der Waals surface area contributed by atoms with Gasteiger partial charge in [-0.15, -0.1) is 0 Å². The molecule has 0 aliphatic carbocycles. The lowest BCUT2D eigenvalue weighted by molar-refractivity contribution is -0.155. The Bertz CT molecular complexity index is 936. The van der Waals surface area contributed by atoms with Crippen LogP contribution in [0.1, 0.15) is 29.8 Å². The zero-order valence-electron chi connectivity index (χ0n) is 13.9. The largest absolute Gasteiger partial charge is 0.401 e. The molecule has 1 aliphatic rings. The molecule has 1 aromatic carbocycles. The van der Waals surface area contributed by atoms with Crippen LogP contribution in [0, 0.1) is 0 Å². The van der Waals surface area contributed by atoms with Crippen LogP contribution >= 0.6 is 15.9 Å². The van der Waals surface area contributed by atoms with E-state index in [1.807, 2.05) is 25.1 Å². The van der Waals surface area contributed by atoms with E-state index in [0.717, 1.165) is 26.5 Å². The minimum Gasteiger partial charge on any atom is -0.279 e. The first-order chi connectivity index (χ1) is 12.3. The maximum atomic E-state index is 13.3. The number of nitrogens with zero attached hydrogens (tertiary/aromatic N) is 3. The molecule has 1 aliphatic heterocycles. The second-order valence-electron chi connectivity index (χ2n) is 6.61. The molecule has 0 unspecified atom stereocenters. The number of rotatable bonds is 2. The maximum absolute atomic E-state index is 13.3. The molecule has 4 rings (SSSR count). The van der Waals surface area contributed by atoms with Gasteiger partial charge in [0.2, 0.25) is 0 Å². The summed E-state index contributed by atoms with van der Waals surface area (Å²) in [5.41, 5.74) is 3.39. The number of alkyl halides is 3. The summed E-state index contributed by atoms with van der Waals surface area (Å²) in [5.74, 6) is 0. The number of pyridine rings is 1. The van der Waals surface area contributed by atoms with Crippen molar-refractivity contribution in [3.05, 3.63) is 58.0 Å². The molecule has 0 bridgehead atoms. The van der Waals surface area contributed by atoms with Crippen molar-refractivity contribution in [2.75, 3.05) is 6.54 Å². The van der Waals surface area contributed by atoms with E-state index in [2.05, 4.69) is 31.1 Å². The molecule has 0 saturated heterocycles. The maximum Gasteiger partial charge on any atom is 0.401 e. The molecule has 3 heterocycles. The third-order valence-corrected chi connectivity index (χ3v) is 5.33. The SMILES string of the molecule is C[C@@H]1Cc2c(ccc3[nH]ncc23)[C@@H](c2ccc(Br)cn2)N1CC(F)(F)F. The van der Waals surface area contributed by atoms with E-state index in [0.29, 0.717) is 12.1 Å². The highest BCUT2D eigenvalue weighted by Gasteiger charge is 2.41. The van der Waals surface area contributed by atoms with E-state index in [9.17, 15) is 13.2 Å². The van der Waals surface area contributed by atoms with Gasteiger partial charge in [0, 0.05) is 22.1 Å². The Labute approximate surface area is 156 Å². The molecule has 0 spiro atoms. The quantitative estimate of drug-likeness (QED) is 0.652. The second kappa shape index (κ2) is 6.35. The van der Waals surface area contributed by atoms with Crippen molar-refractivity contribution in [3.63, 3.8) is 0 Å². The average Bonchev–Trinajstić information content (AvgIpc) is 3.05. The van der Waals surface area contributed by atoms with Crippen molar-refractivity contribution >= 4 is 26.8 Å². The molecule has 0 saturated carbocycles. The van der Waals surface area contributed by atoms with Crippen LogP contribution < -0.4 is 0 Å². The Hall–Kier alpha value is -1.93. The number of hydrogen-bond acceptors (Lipinski definition) is 3. The van der Waals surface area contributed by atoms with Crippen LogP contribution in [0.25, 0.3) is 10.9 Å². The molecule has 0 radical (unpaired) electrons. The summed E-state index contributed by atoms with van der Waals surface area (Å²) in [6, 6.07) is 6.51. The number of aromatic amines is 1. The Kier molecular flexibility index (Phi) is 4.27. The van der Waals surface area contributed by atoms with Gasteiger partial charge in [-0.1, -0.05) is 6.07 Å². The van der Waals surface area contributed by atoms with Gasteiger partial charge >= 0.3 is 6.18 Å². The van der Waals surface area contributed by atoms with Gasteiger partial charge in [-0.05, 0) is 58.6 Å². The molecule has 8 heteroatoms. The molecule has 2 aromatic heterocycles. The summed E-state index contributed by atoms with van der Waals surface area (Å²) in [4.78, 5) is 5.89. The van der Waals surface area contributed by atoms with Crippen molar-refractivity contribution < 1.29 is 13.2 Å². The number of fused-ring (bicyclic) bond motifs is 3. The molecule has 26 heavy (non-hydrogen) atoms. The number of hydrogen-bond donors (Lipinski definition) is 1.